The number of esters is 1. The first-order valence-electron chi connectivity index (χ1n) is 17.8. The van der Waals surface area contributed by atoms with Gasteiger partial charge in [-0.1, -0.05) is 12.1 Å². The summed E-state index contributed by atoms with van der Waals surface area (Å²) in [6.07, 6.45) is -24.3. The van der Waals surface area contributed by atoms with Gasteiger partial charge in [-0.15, -0.1) is 0 Å². The fourth-order valence-corrected chi connectivity index (χ4v) is 6.34. The number of aromatic hydroxyl groups is 3. The molecular formula is C36H48O21. The van der Waals surface area contributed by atoms with Crippen LogP contribution in [-0.2, 0) is 44.4 Å². The van der Waals surface area contributed by atoms with Gasteiger partial charge in [0, 0.05) is 6.08 Å². The van der Waals surface area contributed by atoms with Crippen molar-refractivity contribution >= 4 is 12.0 Å². The van der Waals surface area contributed by atoms with Gasteiger partial charge in [0.05, 0.1) is 26.9 Å². The molecule has 0 spiro atoms. The summed E-state index contributed by atoms with van der Waals surface area (Å²) in [6.45, 7) is -2.57. The highest BCUT2D eigenvalue weighted by atomic mass is 16.8. The minimum Gasteiger partial charge on any atom is -0.504 e. The Hall–Kier alpha value is -3.75. The van der Waals surface area contributed by atoms with Gasteiger partial charge in [0.25, 0.3) is 0 Å². The normalized spacial score (nSPS) is 35.9. The van der Waals surface area contributed by atoms with Crippen molar-refractivity contribution in [2.45, 2.75) is 98.5 Å². The van der Waals surface area contributed by atoms with E-state index in [2.05, 4.69) is 0 Å². The van der Waals surface area contributed by atoms with Gasteiger partial charge in [-0.25, -0.2) is 4.79 Å². The van der Waals surface area contributed by atoms with E-state index >= 15 is 0 Å². The molecule has 5 rings (SSSR count). The molecule has 12 N–H and O–H groups in total. The minimum absolute atomic E-state index is 0.113. The van der Waals surface area contributed by atoms with E-state index in [9.17, 15) is 66.1 Å². The molecule has 0 amide bonds. The number of hydrogen-bond donors (Lipinski definition) is 12. The zero-order valence-electron chi connectivity index (χ0n) is 30.4. The van der Waals surface area contributed by atoms with Crippen molar-refractivity contribution in [2.75, 3.05) is 33.5 Å². The van der Waals surface area contributed by atoms with Gasteiger partial charge in [0.1, 0.15) is 79.9 Å². The van der Waals surface area contributed by atoms with E-state index in [1.54, 1.807) is 6.07 Å². The number of aliphatic hydroxyl groups is 9. The molecule has 3 saturated heterocycles. The van der Waals surface area contributed by atoms with Crippen molar-refractivity contribution in [3.63, 3.8) is 0 Å². The van der Waals surface area contributed by atoms with Crippen LogP contribution in [0.15, 0.2) is 42.5 Å². The lowest BCUT2D eigenvalue weighted by Crippen LogP contribution is -2.67. The Morgan fingerprint density at radius 1 is 0.667 bits per heavy atom. The smallest absolute Gasteiger partial charge is 0.330 e. The Bertz CT molecular complexity index is 1640. The fraction of sp³-hybridized carbons (Fsp3) is 0.583. The molecule has 57 heavy (non-hydrogen) atoms. The maximum Gasteiger partial charge on any atom is 0.330 e. The van der Waals surface area contributed by atoms with Crippen LogP contribution in [0.1, 0.15) is 11.1 Å². The second-order valence-corrected chi connectivity index (χ2v) is 13.5. The molecule has 3 fully saturated rings. The largest absolute Gasteiger partial charge is 0.504 e. The average Bonchev–Trinajstić information content (AvgIpc) is 3.19. The molecule has 21 nitrogen and oxygen atoms in total. The van der Waals surface area contributed by atoms with E-state index in [0.29, 0.717) is 11.1 Å². The number of carbonyl (C=O) groups excluding carboxylic acids is 1. The maximum atomic E-state index is 12.7. The van der Waals surface area contributed by atoms with Gasteiger partial charge in [0.2, 0.25) is 0 Å². The Labute approximate surface area is 324 Å². The molecule has 0 saturated carbocycles. The van der Waals surface area contributed by atoms with Crippen LogP contribution >= 0.6 is 0 Å². The second-order valence-electron chi connectivity index (χ2n) is 13.5. The summed E-state index contributed by atoms with van der Waals surface area (Å²) in [5.74, 6) is -1.74. The number of ether oxygens (including phenoxy) is 8. The van der Waals surface area contributed by atoms with Crippen LogP contribution in [0.4, 0.5) is 0 Å². The number of hydrogen-bond acceptors (Lipinski definition) is 21. The molecule has 21 heteroatoms. The van der Waals surface area contributed by atoms with Crippen LogP contribution in [-0.4, -0.2) is 193 Å². The van der Waals surface area contributed by atoms with Crippen LogP contribution in [0.5, 0.6) is 23.0 Å². The van der Waals surface area contributed by atoms with Crippen LogP contribution < -0.4 is 4.74 Å². The third kappa shape index (κ3) is 10.5. The third-order valence-corrected chi connectivity index (χ3v) is 9.62. The van der Waals surface area contributed by atoms with E-state index < -0.39 is 124 Å². The molecule has 0 aromatic heterocycles. The van der Waals surface area contributed by atoms with Crippen LogP contribution in [0.25, 0.3) is 6.08 Å². The number of rotatable bonds is 15. The molecule has 0 bridgehead atoms. The van der Waals surface area contributed by atoms with E-state index in [-0.39, 0.29) is 30.3 Å². The molecule has 0 radical (unpaired) electrons. The molecule has 0 aliphatic carbocycles. The molecule has 3 heterocycles. The monoisotopic (exact) mass is 816 g/mol. The summed E-state index contributed by atoms with van der Waals surface area (Å²) in [4.78, 5) is 12.7. The van der Waals surface area contributed by atoms with Crippen molar-refractivity contribution in [2.24, 2.45) is 0 Å². The zero-order valence-corrected chi connectivity index (χ0v) is 30.4. The SMILES string of the molecule is COc1ccc(CCOC2OC(COC(=O)C=Cc3ccc(O)c(O)c3)C(O)C(OC3OC(CO)C(O)C(O)C3O)C2OC2OC(CO)C(O)C(O)C2O)cc1O. The Kier molecular flexibility index (Phi) is 15.4. The first kappa shape index (κ1) is 44.4. The predicted molar refractivity (Wildman–Crippen MR) is 186 cm³/mol. The fourth-order valence-electron chi connectivity index (χ4n) is 6.34. The van der Waals surface area contributed by atoms with Gasteiger partial charge in [-0.05, 0) is 47.9 Å². The lowest BCUT2D eigenvalue weighted by Gasteiger charge is -2.49. The number of phenolic OH excluding ortho intramolecular Hbond substituents is 3. The second kappa shape index (κ2) is 19.8. The number of benzene rings is 2. The number of carbonyl (C=O) groups is 1. The van der Waals surface area contributed by atoms with Crippen LogP contribution in [0.3, 0.4) is 0 Å². The summed E-state index contributed by atoms with van der Waals surface area (Å²) in [7, 11) is 1.37. The van der Waals surface area contributed by atoms with E-state index in [0.717, 1.165) is 6.08 Å². The van der Waals surface area contributed by atoms with Gasteiger partial charge < -0.3 is 99.2 Å². The minimum atomic E-state index is -1.99. The van der Waals surface area contributed by atoms with E-state index in [4.69, 9.17) is 37.9 Å². The average molecular weight is 817 g/mol. The first-order valence-corrected chi connectivity index (χ1v) is 17.8. The van der Waals surface area contributed by atoms with Crippen molar-refractivity contribution in [1.29, 1.82) is 0 Å². The molecular weight excluding hydrogens is 768 g/mol. The lowest BCUT2D eigenvalue weighted by molar-refractivity contribution is -0.391. The molecule has 318 valence electrons. The van der Waals surface area contributed by atoms with Crippen molar-refractivity contribution in [3.05, 3.63) is 53.6 Å². The summed E-state index contributed by atoms with van der Waals surface area (Å²) in [6, 6.07) is 8.34. The van der Waals surface area contributed by atoms with E-state index in [1.165, 1.54) is 43.5 Å². The highest BCUT2D eigenvalue weighted by molar-refractivity contribution is 5.87. The van der Waals surface area contributed by atoms with Crippen molar-refractivity contribution in [1.82, 2.24) is 0 Å². The standard InChI is InChI=1S/C36H48O21/c1-50-20-6-3-16(11-19(20)41)8-9-51-36-33(57-35-31(49)29(47)26(44)22(13-38)54-35)32(56-34-30(48)28(46)25(43)21(12-37)53-34)27(45)23(55-36)14-52-24(42)7-4-15-2-5-17(39)18(40)10-15/h2-7,10-11,21-23,25-41,43-49H,8-9,12-14H2,1H3. The lowest BCUT2D eigenvalue weighted by atomic mass is 9.96. The highest BCUT2D eigenvalue weighted by Crippen LogP contribution is 2.35. The van der Waals surface area contributed by atoms with E-state index in [1.807, 2.05) is 0 Å². The molecule has 2 aromatic rings. The van der Waals surface area contributed by atoms with Crippen LogP contribution in [0.2, 0.25) is 0 Å². The number of aliphatic hydroxyl groups excluding tert-OH is 9. The predicted octanol–water partition coefficient (Wildman–Crippen LogP) is -3.92. The molecule has 2 aromatic carbocycles. The molecule has 3 aliphatic heterocycles. The van der Waals surface area contributed by atoms with Crippen molar-refractivity contribution < 1.29 is 104 Å². The quantitative estimate of drug-likeness (QED) is 0.0464. The van der Waals surface area contributed by atoms with Crippen molar-refractivity contribution in [3.8, 4) is 23.0 Å². The highest BCUT2D eigenvalue weighted by Gasteiger charge is 2.54. The summed E-state index contributed by atoms with van der Waals surface area (Å²) in [5.41, 5.74) is 0.875. The zero-order chi connectivity index (χ0) is 41.6. The maximum absolute atomic E-state index is 12.7. The number of methoxy groups -OCH3 is 1. The van der Waals surface area contributed by atoms with Gasteiger partial charge in [0.15, 0.2) is 41.9 Å². The summed E-state index contributed by atoms with van der Waals surface area (Å²) >= 11 is 0. The Balaban J connectivity index is 1.44. The Morgan fingerprint density at radius 3 is 1.82 bits per heavy atom. The van der Waals surface area contributed by atoms with Gasteiger partial charge in [-0.3, -0.25) is 0 Å². The summed E-state index contributed by atoms with van der Waals surface area (Å²) in [5, 5.41) is 124. The molecule has 15 atom stereocenters. The Morgan fingerprint density at radius 2 is 1.26 bits per heavy atom. The van der Waals surface area contributed by atoms with Crippen LogP contribution in [0, 0.1) is 0 Å². The first-order chi connectivity index (χ1) is 27.2. The van der Waals surface area contributed by atoms with Gasteiger partial charge >= 0.3 is 5.97 Å². The summed E-state index contributed by atoms with van der Waals surface area (Å²) < 4.78 is 45.4. The molecule has 3 aliphatic rings. The topological polar surface area (TPSA) is 334 Å². The third-order valence-electron chi connectivity index (χ3n) is 9.62. The number of phenols is 3. The van der Waals surface area contributed by atoms with Gasteiger partial charge in [-0.2, -0.15) is 0 Å². The molecule has 15 unspecified atom stereocenters.